The Morgan fingerprint density at radius 2 is 1.63 bits per heavy atom. The maximum Gasteiger partial charge on any atom is 0.254 e. The van der Waals surface area contributed by atoms with E-state index in [-0.39, 0.29) is 5.56 Å². The van der Waals surface area contributed by atoms with Crippen molar-refractivity contribution in [1.29, 1.82) is 0 Å². The Balaban J connectivity index is 1.45. The van der Waals surface area contributed by atoms with E-state index < -0.39 is 0 Å². The highest BCUT2D eigenvalue weighted by molar-refractivity contribution is 5.80. The van der Waals surface area contributed by atoms with E-state index in [2.05, 4.69) is 72.4 Å². The molecule has 0 aliphatic heterocycles. The van der Waals surface area contributed by atoms with Gasteiger partial charge in [-0.25, -0.2) is 0 Å². The number of nitrogens with zero attached hydrogens (tertiary/aromatic N) is 7. The lowest BCUT2D eigenvalue weighted by molar-refractivity contribution is 0.660. The summed E-state index contributed by atoms with van der Waals surface area (Å²) in [7, 11) is 0. The topological polar surface area (TPSA) is 131 Å². The van der Waals surface area contributed by atoms with Gasteiger partial charge in [-0.05, 0) is 40.8 Å². The molecular weight excluding hydrogens is 442 g/mol. The lowest BCUT2D eigenvalue weighted by atomic mass is 9.98. The van der Waals surface area contributed by atoms with Crippen LogP contribution in [-0.2, 0) is 19.4 Å². The summed E-state index contributed by atoms with van der Waals surface area (Å²) in [6, 6.07) is 20.1. The zero-order chi connectivity index (χ0) is 24.0. The van der Waals surface area contributed by atoms with E-state index >= 15 is 0 Å². The summed E-state index contributed by atoms with van der Waals surface area (Å²) < 4.78 is 1.87. The summed E-state index contributed by atoms with van der Waals surface area (Å²) in [6.07, 6.45) is 3.28. The van der Waals surface area contributed by atoms with E-state index in [1.807, 2.05) is 41.0 Å². The van der Waals surface area contributed by atoms with Crippen molar-refractivity contribution in [1.82, 2.24) is 45.8 Å². The molecule has 0 amide bonds. The van der Waals surface area contributed by atoms with Crippen LogP contribution in [0.25, 0.3) is 22.5 Å². The molecule has 0 atom stereocenters. The van der Waals surface area contributed by atoms with Crippen LogP contribution >= 0.6 is 0 Å². The van der Waals surface area contributed by atoms with Crippen molar-refractivity contribution in [2.75, 3.05) is 0 Å². The summed E-state index contributed by atoms with van der Waals surface area (Å²) in [5.41, 5.74) is 5.66. The van der Waals surface area contributed by atoms with Crippen molar-refractivity contribution in [3.05, 3.63) is 93.7 Å². The number of nitrogens with one attached hydrogen (secondary N) is 2. The molecular formula is C25H25N9O. The average Bonchev–Trinajstić information content (AvgIpc) is 3.61. The first kappa shape index (κ1) is 22.3. The number of aryl methyl sites for hydroxylation is 1. The molecule has 5 rings (SSSR count). The number of aromatic nitrogens is 9. The maximum absolute atomic E-state index is 13.4. The van der Waals surface area contributed by atoms with E-state index in [0.29, 0.717) is 30.2 Å². The van der Waals surface area contributed by atoms with Gasteiger partial charge in [0.25, 0.3) is 5.56 Å². The summed E-state index contributed by atoms with van der Waals surface area (Å²) in [6.45, 7) is 2.64. The van der Waals surface area contributed by atoms with Gasteiger partial charge in [-0.3, -0.25) is 4.79 Å². The van der Waals surface area contributed by atoms with E-state index in [1.165, 1.54) is 0 Å². The third-order valence-corrected chi connectivity index (χ3v) is 5.99. The number of rotatable bonds is 9. The quantitative estimate of drug-likeness (QED) is 0.340. The number of benzene rings is 2. The predicted octanol–water partition coefficient (Wildman–Crippen LogP) is 3.19. The molecule has 176 valence electrons. The molecule has 0 saturated carbocycles. The number of hydrogen-bond acceptors (Lipinski definition) is 7. The molecule has 3 aromatic heterocycles. The molecule has 0 fully saturated rings. The van der Waals surface area contributed by atoms with Gasteiger partial charge >= 0.3 is 0 Å². The number of pyridine rings is 1. The van der Waals surface area contributed by atoms with Gasteiger partial charge in [0.2, 0.25) is 5.82 Å². The molecule has 0 saturated heterocycles. The lowest BCUT2D eigenvalue weighted by Gasteiger charge is -2.15. The Bertz CT molecular complexity index is 1440. The fourth-order valence-corrected chi connectivity index (χ4v) is 4.15. The van der Waals surface area contributed by atoms with E-state index in [9.17, 15) is 4.79 Å². The van der Waals surface area contributed by atoms with Crippen LogP contribution in [0.1, 0.15) is 42.4 Å². The van der Waals surface area contributed by atoms with Crippen LogP contribution in [0.2, 0.25) is 0 Å². The Labute approximate surface area is 201 Å². The van der Waals surface area contributed by atoms with Gasteiger partial charge in [0.15, 0.2) is 5.82 Å². The second-order valence-electron chi connectivity index (χ2n) is 8.33. The summed E-state index contributed by atoms with van der Waals surface area (Å²) in [5.74, 6) is 1.05. The van der Waals surface area contributed by atoms with Gasteiger partial charge < -0.3 is 4.57 Å². The van der Waals surface area contributed by atoms with Gasteiger partial charge in [0, 0.05) is 23.2 Å². The van der Waals surface area contributed by atoms with Crippen molar-refractivity contribution in [2.24, 2.45) is 0 Å². The van der Waals surface area contributed by atoms with Gasteiger partial charge in [0.05, 0.1) is 6.54 Å². The minimum atomic E-state index is -0.0186. The summed E-state index contributed by atoms with van der Waals surface area (Å²) in [5, 5.41) is 28.5. The number of aromatic amines is 2. The van der Waals surface area contributed by atoms with Crippen LogP contribution in [0, 0.1) is 0 Å². The van der Waals surface area contributed by atoms with Crippen molar-refractivity contribution < 1.29 is 0 Å². The largest absolute Gasteiger partial charge is 0.308 e. The minimum absolute atomic E-state index is 0.0186. The smallest absolute Gasteiger partial charge is 0.254 e. The fourth-order valence-electron chi connectivity index (χ4n) is 4.15. The van der Waals surface area contributed by atoms with E-state index in [4.69, 9.17) is 0 Å². The number of unbranched alkanes of at least 4 members (excludes halogenated alkanes) is 1. The molecule has 10 heteroatoms. The third kappa shape index (κ3) is 4.91. The molecule has 0 aliphatic carbocycles. The lowest BCUT2D eigenvalue weighted by Crippen LogP contribution is -2.27. The van der Waals surface area contributed by atoms with Crippen molar-refractivity contribution >= 4 is 0 Å². The molecule has 10 nitrogen and oxygen atoms in total. The summed E-state index contributed by atoms with van der Waals surface area (Å²) in [4.78, 5) is 13.4. The van der Waals surface area contributed by atoms with Gasteiger partial charge in [-0.1, -0.05) is 73.2 Å². The molecule has 2 N–H and O–H groups in total. The van der Waals surface area contributed by atoms with Crippen molar-refractivity contribution in [3.8, 4) is 22.5 Å². The Hall–Kier alpha value is -4.47. The van der Waals surface area contributed by atoms with Crippen LogP contribution in [0.15, 0.2) is 65.5 Å². The van der Waals surface area contributed by atoms with Crippen LogP contribution in [0.4, 0.5) is 0 Å². The van der Waals surface area contributed by atoms with E-state index in [1.54, 1.807) is 0 Å². The monoisotopic (exact) mass is 467 g/mol. The highest BCUT2D eigenvalue weighted by atomic mass is 16.1. The highest BCUT2D eigenvalue weighted by Gasteiger charge is 2.13. The molecule has 35 heavy (non-hydrogen) atoms. The SMILES string of the molecule is CCCCc1ccc(Cc2nn[nH]n2)c(=O)n1Cc1ccc(-c2ccccc2-c2nn[nH]n2)cc1. The first-order chi connectivity index (χ1) is 17.2. The van der Waals surface area contributed by atoms with Crippen LogP contribution in [-0.4, -0.2) is 45.8 Å². The second-order valence-corrected chi connectivity index (χ2v) is 8.33. The van der Waals surface area contributed by atoms with Gasteiger partial charge in [-0.2, -0.15) is 10.4 Å². The van der Waals surface area contributed by atoms with Crippen molar-refractivity contribution in [2.45, 2.75) is 39.2 Å². The molecule has 0 radical (unpaired) electrons. The zero-order valence-electron chi connectivity index (χ0n) is 19.3. The molecule has 2 aromatic carbocycles. The van der Waals surface area contributed by atoms with Gasteiger partial charge in [0.1, 0.15) is 0 Å². The zero-order valence-corrected chi connectivity index (χ0v) is 19.3. The Kier molecular flexibility index (Phi) is 6.51. The maximum atomic E-state index is 13.4. The van der Waals surface area contributed by atoms with Gasteiger partial charge in [-0.15, -0.1) is 20.4 Å². The third-order valence-electron chi connectivity index (χ3n) is 5.99. The van der Waals surface area contributed by atoms with E-state index in [0.717, 1.165) is 47.2 Å². The minimum Gasteiger partial charge on any atom is -0.308 e. The predicted molar refractivity (Wildman–Crippen MR) is 130 cm³/mol. The highest BCUT2D eigenvalue weighted by Crippen LogP contribution is 2.29. The second kappa shape index (κ2) is 10.2. The molecule has 0 unspecified atom stereocenters. The number of tetrazole rings is 2. The number of hydrogen-bond donors (Lipinski definition) is 2. The first-order valence-corrected chi connectivity index (χ1v) is 11.6. The molecule has 5 aromatic rings. The molecule has 3 heterocycles. The van der Waals surface area contributed by atoms with Crippen LogP contribution in [0.5, 0.6) is 0 Å². The van der Waals surface area contributed by atoms with Crippen molar-refractivity contribution in [3.63, 3.8) is 0 Å². The van der Waals surface area contributed by atoms with Crippen LogP contribution in [0.3, 0.4) is 0 Å². The normalized spacial score (nSPS) is 11.1. The standard InChI is InChI=1S/C25H25N9O/c1-2-3-6-20-14-13-19(15-23-26-30-31-27-23)25(35)34(20)16-17-9-11-18(12-10-17)21-7-4-5-8-22(21)24-28-32-33-29-24/h4-5,7-14H,2-3,6,15-16H2,1H3,(H,26,27,30,31)(H,28,29,32,33). The molecule has 0 bridgehead atoms. The number of H-pyrrole nitrogens is 2. The Morgan fingerprint density at radius 1 is 0.857 bits per heavy atom. The average molecular weight is 468 g/mol. The first-order valence-electron chi connectivity index (χ1n) is 11.6. The molecule has 0 spiro atoms. The van der Waals surface area contributed by atoms with Crippen LogP contribution < -0.4 is 5.56 Å². The fraction of sp³-hybridized carbons (Fsp3) is 0.240. The molecule has 0 aliphatic rings. The Morgan fingerprint density at radius 3 is 2.34 bits per heavy atom. The summed E-state index contributed by atoms with van der Waals surface area (Å²) >= 11 is 0.